The smallest absolute Gasteiger partial charge is 0.308 e. The first-order chi connectivity index (χ1) is 10.0. The summed E-state index contributed by atoms with van der Waals surface area (Å²) in [4.78, 5) is 15.2. The van der Waals surface area contributed by atoms with Gasteiger partial charge in [-0.05, 0) is 50.6 Å². The zero-order chi connectivity index (χ0) is 15.4. The first-order valence-corrected chi connectivity index (χ1v) is 8.90. The Balaban J connectivity index is 2.12. The minimum atomic E-state index is -0.625. The summed E-state index contributed by atoms with van der Waals surface area (Å²) in [6, 6.07) is 4.66. The second-order valence-corrected chi connectivity index (χ2v) is 7.32. The van der Waals surface area contributed by atoms with Crippen LogP contribution < -0.4 is 0 Å². The number of rotatable bonds is 6. The molecule has 0 aliphatic heterocycles. The number of nitrogens with zero attached hydrogens (tertiary/aromatic N) is 1. The number of hydrogen-bond donors (Lipinski definition) is 1. The Morgan fingerprint density at radius 1 is 1.52 bits per heavy atom. The highest BCUT2D eigenvalue weighted by atomic mass is 32.1. The van der Waals surface area contributed by atoms with Crippen LogP contribution in [0.25, 0.3) is 0 Å². The average Bonchev–Trinajstić information content (AvgIpc) is 3.00. The van der Waals surface area contributed by atoms with Crippen LogP contribution in [0.5, 0.6) is 0 Å². The van der Waals surface area contributed by atoms with Crippen molar-refractivity contribution in [3.8, 4) is 0 Å². The molecule has 1 aliphatic carbocycles. The van der Waals surface area contributed by atoms with Gasteiger partial charge in [0.15, 0.2) is 0 Å². The van der Waals surface area contributed by atoms with Gasteiger partial charge in [-0.3, -0.25) is 9.69 Å². The molecule has 1 aromatic heterocycles. The van der Waals surface area contributed by atoms with Gasteiger partial charge in [-0.1, -0.05) is 25.8 Å². The third kappa shape index (κ3) is 3.86. The van der Waals surface area contributed by atoms with E-state index in [1.165, 1.54) is 17.7 Å². The standard InChI is InChI=1S/C17H27NO2S/c1-4-6-13-8-9-14(17(19)20)15(11-13)18(3)12(2)16-7-5-10-21-16/h5,7,10,12-15H,4,6,8-9,11H2,1-3H3,(H,19,20). The lowest BCUT2D eigenvalue weighted by Gasteiger charge is -2.41. The van der Waals surface area contributed by atoms with Gasteiger partial charge in [0, 0.05) is 17.0 Å². The van der Waals surface area contributed by atoms with E-state index in [0.717, 1.165) is 19.3 Å². The van der Waals surface area contributed by atoms with Crippen LogP contribution in [0.2, 0.25) is 0 Å². The average molecular weight is 309 g/mol. The molecule has 1 N–H and O–H groups in total. The predicted octanol–water partition coefficient (Wildman–Crippen LogP) is 4.41. The van der Waals surface area contributed by atoms with Crippen molar-refractivity contribution < 1.29 is 9.90 Å². The minimum absolute atomic E-state index is 0.157. The molecule has 4 atom stereocenters. The van der Waals surface area contributed by atoms with Gasteiger partial charge in [-0.15, -0.1) is 11.3 Å². The summed E-state index contributed by atoms with van der Waals surface area (Å²) in [6.07, 6.45) is 5.34. The Kier molecular flexibility index (Phi) is 5.82. The Morgan fingerprint density at radius 3 is 2.86 bits per heavy atom. The molecule has 0 bridgehead atoms. The summed E-state index contributed by atoms with van der Waals surface area (Å²) in [6.45, 7) is 4.41. The van der Waals surface area contributed by atoms with E-state index < -0.39 is 5.97 Å². The van der Waals surface area contributed by atoms with Crippen molar-refractivity contribution in [2.24, 2.45) is 11.8 Å². The Labute approximate surface area is 132 Å². The molecular formula is C17H27NO2S. The minimum Gasteiger partial charge on any atom is -0.481 e. The van der Waals surface area contributed by atoms with Crippen molar-refractivity contribution in [3.63, 3.8) is 0 Å². The fourth-order valence-electron chi connectivity index (χ4n) is 3.66. The number of hydrogen-bond acceptors (Lipinski definition) is 3. The Hall–Kier alpha value is -0.870. The zero-order valence-corrected chi connectivity index (χ0v) is 14.1. The second-order valence-electron chi connectivity index (χ2n) is 6.34. The molecule has 3 nitrogen and oxygen atoms in total. The van der Waals surface area contributed by atoms with Crippen LogP contribution in [-0.4, -0.2) is 29.1 Å². The number of aliphatic carboxylic acids is 1. The fourth-order valence-corrected chi connectivity index (χ4v) is 4.49. The molecule has 1 fully saturated rings. The SMILES string of the molecule is CCCC1CCC(C(=O)O)C(N(C)C(C)c2cccs2)C1. The molecule has 1 heterocycles. The Bertz CT molecular complexity index is 446. The van der Waals surface area contributed by atoms with Gasteiger partial charge in [0.2, 0.25) is 0 Å². The third-order valence-corrected chi connectivity index (χ3v) is 6.07. The van der Waals surface area contributed by atoms with E-state index >= 15 is 0 Å². The monoisotopic (exact) mass is 309 g/mol. The summed E-state index contributed by atoms with van der Waals surface area (Å²) >= 11 is 1.75. The number of carbonyl (C=O) groups is 1. The molecule has 0 aromatic carbocycles. The summed E-state index contributed by atoms with van der Waals surface area (Å²) in [7, 11) is 2.10. The summed E-state index contributed by atoms with van der Waals surface area (Å²) < 4.78 is 0. The summed E-state index contributed by atoms with van der Waals surface area (Å²) in [5.74, 6) is -0.153. The topological polar surface area (TPSA) is 40.5 Å². The van der Waals surface area contributed by atoms with Crippen molar-refractivity contribution in [2.75, 3.05) is 7.05 Å². The highest BCUT2D eigenvalue weighted by molar-refractivity contribution is 7.10. The molecule has 1 aliphatic rings. The maximum absolute atomic E-state index is 11.6. The quantitative estimate of drug-likeness (QED) is 0.846. The first-order valence-electron chi connectivity index (χ1n) is 8.02. The van der Waals surface area contributed by atoms with Gasteiger partial charge in [-0.25, -0.2) is 0 Å². The van der Waals surface area contributed by atoms with Crippen molar-refractivity contribution >= 4 is 17.3 Å². The van der Waals surface area contributed by atoms with Gasteiger partial charge in [0.1, 0.15) is 0 Å². The Morgan fingerprint density at radius 2 is 2.29 bits per heavy atom. The van der Waals surface area contributed by atoms with E-state index in [9.17, 15) is 9.90 Å². The molecule has 1 saturated carbocycles. The molecule has 2 rings (SSSR count). The first kappa shape index (κ1) is 16.5. The maximum Gasteiger partial charge on any atom is 0.308 e. The van der Waals surface area contributed by atoms with Crippen LogP contribution in [0.3, 0.4) is 0 Å². The van der Waals surface area contributed by atoms with Crippen molar-refractivity contribution in [1.29, 1.82) is 0 Å². The lowest BCUT2D eigenvalue weighted by Crippen LogP contribution is -2.46. The number of carboxylic acid groups (broad SMARTS) is 1. The van der Waals surface area contributed by atoms with Gasteiger partial charge in [-0.2, -0.15) is 0 Å². The molecule has 0 spiro atoms. The molecule has 1 aromatic rings. The predicted molar refractivity (Wildman–Crippen MR) is 87.7 cm³/mol. The number of thiophene rings is 1. The van der Waals surface area contributed by atoms with Crippen molar-refractivity contribution in [1.82, 2.24) is 4.90 Å². The molecular weight excluding hydrogens is 282 g/mol. The fraction of sp³-hybridized carbons (Fsp3) is 0.706. The van der Waals surface area contributed by atoms with E-state index in [0.29, 0.717) is 5.92 Å². The van der Waals surface area contributed by atoms with Crippen LogP contribution in [0.4, 0.5) is 0 Å². The van der Waals surface area contributed by atoms with E-state index in [-0.39, 0.29) is 18.0 Å². The maximum atomic E-state index is 11.6. The van der Waals surface area contributed by atoms with E-state index in [1.54, 1.807) is 11.3 Å². The van der Waals surface area contributed by atoms with Crippen LogP contribution in [0.1, 0.15) is 56.9 Å². The van der Waals surface area contributed by atoms with Crippen LogP contribution in [-0.2, 0) is 4.79 Å². The van der Waals surface area contributed by atoms with Crippen LogP contribution >= 0.6 is 11.3 Å². The molecule has 0 amide bonds. The third-order valence-electron chi connectivity index (χ3n) is 5.03. The largest absolute Gasteiger partial charge is 0.481 e. The van der Waals surface area contributed by atoms with Crippen molar-refractivity contribution in [3.05, 3.63) is 22.4 Å². The molecule has 21 heavy (non-hydrogen) atoms. The van der Waals surface area contributed by atoms with Crippen LogP contribution in [0, 0.1) is 11.8 Å². The summed E-state index contributed by atoms with van der Waals surface area (Å²) in [5, 5.41) is 11.7. The molecule has 0 radical (unpaired) electrons. The van der Waals surface area contributed by atoms with Gasteiger partial charge >= 0.3 is 5.97 Å². The normalized spacial score (nSPS) is 27.7. The zero-order valence-electron chi connectivity index (χ0n) is 13.3. The second kappa shape index (κ2) is 7.41. The van der Waals surface area contributed by atoms with E-state index in [1.807, 2.05) is 0 Å². The van der Waals surface area contributed by atoms with Crippen molar-refractivity contribution in [2.45, 2.75) is 58.0 Å². The highest BCUT2D eigenvalue weighted by Gasteiger charge is 2.38. The van der Waals surface area contributed by atoms with Gasteiger partial charge < -0.3 is 5.11 Å². The van der Waals surface area contributed by atoms with Gasteiger partial charge in [0.05, 0.1) is 5.92 Å². The lowest BCUT2D eigenvalue weighted by molar-refractivity contribution is -0.146. The van der Waals surface area contributed by atoms with Crippen LogP contribution in [0.15, 0.2) is 17.5 Å². The van der Waals surface area contributed by atoms with E-state index in [2.05, 4.69) is 43.3 Å². The van der Waals surface area contributed by atoms with Gasteiger partial charge in [0.25, 0.3) is 0 Å². The summed E-state index contributed by atoms with van der Waals surface area (Å²) in [5.41, 5.74) is 0. The number of carboxylic acids is 1. The highest BCUT2D eigenvalue weighted by Crippen LogP contribution is 2.38. The van der Waals surface area contributed by atoms with E-state index in [4.69, 9.17) is 0 Å². The lowest BCUT2D eigenvalue weighted by atomic mass is 9.75. The molecule has 0 saturated heterocycles. The molecule has 4 heteroatoms. The molecule has 118 valence electrons. The molecule has 4 unspecified atom stereocenters.